The second-order valence-corrected chi connectivity index (χ2v) is 5.91. The highest BCUT2D eigenvalue weighted by atomic mass is 79.9. The van der Waals surface area contributed by atoms with Crippen molar-refractivity contribution in [2.45, 2.75) is 6.42 Å². The molecule has 0 fully saturated rings. The molecule has 0 amide bonds. The summed E-state index contributed by atoms with van der Waals surface area (Å²) in [5.41, 5.74) is 1.21. The maximum atomic E-state index is 5.66. The molecule has 0 atom stereocenters. The van der Waals surface area contributed by atoms with Crippen LogP contribution in [0.15, 0.2) is 46.9 Å². The van der Waals surface area contributed by atoms with Gasteiger partial charge in [0.05, 0.1) is 14.2 Å². The molecule has 2 aromatic rings. The molecule has 0 saturated heterocycles. The summed E-state index contributed by atoms with van der Waals surface area (Å²) in [6.45, 7) is 2.34. The van der Waals surface area contributed by atoms with Crippen molar-refractivity contribution >= 4 is 15.9 Å². The molecule has 0 heterocycles. The van der Waals surface area contributed by atoms with Crippen LogP contribution in [0.4, 0.5) is 0 Å². The van der Waals surface area contributed by atoms with Crippen LogP contribution >= 0.6 is 15.9 Å². The second kappa shape index (κ2) is 9.43. The smallest absolute Gasteiger partial charge is 0.160 e. The Balaban J connectivity index is 1.66. The van der Waals surface area contributed by atoms with Gasteiger partial charge in [0.2, 0.25) is 0 Å². The Morgan fingerprint density at radius 1 is 0.913 bits per heavy atom. The first-order chi connectivity index (χ1) is 11.2. The van der Waals surface area contributed by atoms with Crippen LogP contribution in [0, 0.1) is 0 Å². The monoisotopic (exact) mass is 379 g/mol. The third-order valence-corrected chi connectivity index (χ3v) is 3.93. The summed E-state index contributed by atoms with van der Waals surface area (Å²) in [6, 6.07) is 13.9. The summed E-state index contributed by atoms with van der Waals surface area (Å²) in [7, 11) is 3.30. The van der Waals surface area contributed by atoms with Gasteiger partial charge in [-0.25, -0.2) is 0 Å². The number of hydrogen-bond acceptors (Lipinski definition) is 4. The van der Waals surface area contributed by atoms with Crippen molar-refractivity contribution in [3.8, 4) is 17.2 Å². The van der Waals surface area contributed by atoms with Crippen molar-refractivity contribution in [1.82, 2.24) is 5.32 Å². The first-order valence-corrected chi connectivity index (χ1v) is 8.32. The zero-order chi connectivity index (χ0) is 16.5. The Bertz CT molecular complexity index is 602. The van der Waals surface area contributed by atoms with Gasteiger partial charge in [-0.05, 0) is 54.9 Å². The van der Waals surface area contributed by atoms with Gasteiger partial charge in [0.15, 0.2) is 11.5 Å². The van der Waals surface area contributed by atoms with E-state index in [-0.39, 0.29) is 0 Å². The van der Waals surface area contributed by atoms with Crippen LogP contribution < -0.4 is 19.5 Å². The lowest BCUT2D eigenvalue weighted by atomic mass is 10.1. The molecule has 2 aromatic carbocycles. The molecule has 0 bridgehead atoms. The van der Waals surface area contributed by atoms with Gasteiger partial charge in [0.1, 0.15) is 12.4 Å². The van der Waals surface area contributed by atoms with E-state index < -0.39 is 0 Å². The van der Waals surface area contributed by atoms with Crippen LogP contribution in [0.2, 0.25) is 0 Å². The summed E-state index contributed by atoms with van der Waals surface area (Å²) in [5, 5.41) is 3.38. The van der Waals surface area contributed by atoms with E-state index in [0.717, 1.165) is 41.2 Å². The standard InChI is InChI=1S/C18H22BrNO3/c1-21-17-8-3-14(13-18(17)22-2)9-10-20-11-12-23-16-6-4-15(19)5-7-16/h3-8,13,20H,9-12H2,1-2H3. The van der Waals surface area contributed by atoms with E-state index in [0.29, 0.717) is 6.61 Å². The first kappa shape index (κ1) is 17.6. The van der Waals surface area contributed by atoms with Gasteiger partial charge >= 0.3 is 0 Å². The van der Waals surface area contributed by atoms with Crippen LogP contribution in [0.1, 0.15) is 5.56 Å². The maximum Gasteiger partial charge on any atom is 0.160 e. The zero-order valence-corrected chi connectivity index (χ0v) is 15.1. The highest BCUT2D eigenvalue weighted by Crippen LogP contribution is 2.27. The summed E-state index contributed by atoms with van der Waals surface area (Å²) in [5.74, 6) is 2.41. The number of benzene rings is 2. The Morgan fingerprint density at radius 2 is 1.65 bits per heavy atom. The molecular formula is C18H22BrNO3. The first-order valence-electron chi connectivity index (χ1n) is 7.53. The quantitative estimate of drug-likeness (QED) is 0.674. The molecule has 0 spiro atoms. The number of halogens is 1. The highest BCUT2D eigenvalue weighted by Gasteiger charge is 2.04. The molecule has 0 aromatic heterocycles. The maximum absolute atomic E-state index is 5.66. The molecule has 0 radical (unpaired) electrons. The second-order valence-electron chi connectivity index (χ2n) is 4.99. The molecule has 5 heteroatoms. The number of ether oxygens (including phenoxy) is 3. The van der Waals surface area contributed by atoms with Crippen molar-refractivity contribution in [3.63, 3.8) is 0 Å². The topological polar surface area (TPSA) is 39.7 Å². The van der Waals surface area contributed by atoms with Gasteiger partial charge in [-0.2, -0.15) is 0 Å². The lowest BCUT2D eigenvalue weighted by molar-refractivity contribution is 0.314. The van der Waals surface area contributed by atoms with E-state index in [1.54, 1.807) is 14.2 Å². The summed E-state index contributed by atoms with van der Waals surface area (Å²) < 4.78 is 17.3. The molecule has 0 aliphatic heterocycles. The molecule has 0 unspecified atom stereocenters. The molecule has 0 aliphatic carbocycles. The predicted octanol–water partition coefficient (Wildman–Crippen LogP) is 3.68. The Hall–Kier alpha value is -1.72. The average molecular weight is 380 g/mol. The minimum atomic E-state index is 0.646. The number of rotatable bonds is 9. The van der Waals surface area contributed by atoms with Crippen LogP contribution in [0.5, 0.6) is 17.2 Å². The van der Waals surface area contributed by atoms with E-state index in [1.807, 2.05) is 36.4 Å². The summed E-state index contributed by atoms with van der Waals surface area (Å²) >= 11 is 3.40. The highest BCUT2D eigenvalue weighted by molar-refractivity contribution is 9.10. The molecule has 23 heavy (non-hydrogen) atoms. The van der Waals surface area contributed by atoms with E-state index in [4.69, 9.17) is 14.2 Å². The van der Waals surface area contributed by atoms with Gasteiger partial charge in [-0.1, -0.05) is 22.0 Å². The predicted molar refractivity (Wildman–Crippen MR) is 95.8 cm³/mol. The SMILES string of the molecule is COc1ccc(CCNCCOc2ccc(Br)cc2)cc1OC. The molecule has 1 N–H and O–H groups in total. The third-order valence-electron chi connectivity index (χ3n) is 3.40. The van der Waals surface area contributed by atoms with Crippen LogP contribution in [0.3, 0.4) is 0 Å². The van der Waals surface area contributed by atoms with Gasteiger partial charge < -0.3 is 19.5 Å². The van der Waals surface area contributed by atoms with E-state index in [2.05, 4.69) is 27.3 Å². The Kier molecular flexibility index (Phi) is 7.23. The van der Waals surface area contributed by atoms with Crippen molar-refractivity contribution in [3.05, 3.63) is 52.5 Å². The molecule has 124 valence electrons. The van der Waals surface area contributed by atoms with E-state index in [9.17, 15) is 0 Å². The molecular weight excluding hydrogens is 358 g/mol. The van der Waals surface area contributed by atoms with Gasteiger partial charge in [0.25, 0.3) is 0 Å². The number of hydrogen-bond donors (Lipinski definition) is 1. The lowest BCUT2D eigenvalue weighted by Crippen LogP contribution is -2.23. The molecule has 2 rings (SSSR count). The normalized spacial score (nSPS) is 10.4. The van der Waals surface area contributed by atoms with Crippen LogP contribution in [-0.4, -0.2) is 33.9 Å². The van der Waals surface area contributed by atoms with Crippen molar-refractivity contribution in [2.24, 2.45) is 0 Å². The van der Waals surface area contributed by atoms with Crippen molar-refractivity contribution < 1.29 is 14.2 Å². The van der Waals surface area contributed by atoms with Crippen molar-refractivity contribution in [1.29, 1.82) is 0 Å². The minimum absolute atomic E-state index is 0.646. The van der Waals surface area contributed by atoms with Gasteiger partial charge in [-0.15, -0.1) is 0 Å². The number of nitrogens with one attached hydrogen (secondary N) is 1. The largest absolute Gasteiger partial charge is 0.493 e. The average Bonchev–Trinajstić information content (AvgIpc) is 2.59. The Morgan fingerprint density at radius 3 is 2.35 bits per heavy atom. The van der Waals surface area contributed by atoms with Gasteiger partial charge in [-0.3, -0.25) is 0 Å². The van der Waals surface area contributed by atoms with Crippen molar-refractivity contribution in [2.75, 3.05) is 33.9 Å². The van der Waals surface area contributed by atoms with Crippen LogP contribution in [0.25, 0.3) is 0 Å². The zero-order valence-electron chi connectivity index (χ0n) is 13.5. The molecule has 0 aliphatic rings. The molecule has 4 nitrogen and oxygen atoms in total. The Labute approximate surface area is 145 Å². The number of methoxy groups -OCH3 is 2. The lowest BCUT2D eigenvalue weighted by Gasteiger charge is -2.10. The van der Waals surface area contributed by atoms with Gasteiger partial charge in [0, 0.05) is 11.0 Å². The fourth-order valence-corrected chi connectivity index (χ4v) is 2.43. The van der Waals surface area contributed by atoms with Crippen LogP contribution in [-0.2, 0) is 6.42 Å². The molecule has 0 saturated carbocycles. The fourth-order valence-electron chi connectivity index (χ4n) is 2.17. The van der Waals surface area contributed by atoms with E-state index >= 15 is 0 Å². The third kappa shape index (κ3) is 5.77. The fraction of sp³-hybridized carbons (Fsp3) is 0.333. The summed E-state index contributed by atoms with van der Waals surface area (Å²) in [4.78, 5) is 0. The summed E-state index contributed by atoms with van der Waals surface area (Å²) in [6.07, 6.45) is 0.929. The van der Waals surface area contributed by atoms with E-state index in [1.165, 1.54) is 5.56 Å². The minimum Gasteiger partial charge on any atom is -0.493 e.